The van der Waals surface area contributed by atoms with Gasteiger partial charge in [-0.3, -0.25) is 4.79 Å². The molecule has 0 unspecified atom stereocenters. The topological polar surface area (TPSA) is 55.1 Å². The Bertz CT molecular complexity index is 1250. The van der Waals surface area contributed by atoms with Crippen molar-refractivity contribution in [2.45, 2.75) is 0 Å². The molecule has 2 aromatic heterocycles. The molecule has 0 spiro atoms. The summed E-state index contributed by atoms with van der Waals surface area (Å²) < 4.78 is 6.82. The van der Waals surface area contributed by atoms with Crippen LogP contribution in [0.15, 0.2) is 70.6 Å². The summed E-state index contributed by atoms with van der Waals surface area (Å²) in [6.45, 7) is 0. The normalized spacial score (nSPS) is 11.4. The molecule has 5 heteroatoms. The first-order valence-electron chi connectivity index (χ1n) is 7.84. The Kier molecular flexibility index (Phi) is 3.08. The average molecular weight is 344 g/mol. The maximum Gasteiger partial charge on any atom is 0.255 e. The molecule has 4 nitrogen and oxygen atoms in total. The summed E-state index contributed by atoms with van der Waals surface area (Å²) in [6.07, 6.45) is 0. The molecule has 5 aromatic rings. The van der Waals surface area contributed by atoms with Crippen molar-refractivity contribution in [2.24, 2.45) is 0 Å². The van der Waals surface area contributed by atoms with E-state index in [4.69, 9.17) is 4.42 Å². The summed E-state index contributed by atoms with van der Waals surface area (Å²) in [6, 6.07) is 19.1. The Balaban J connectivity index is 1.52. The van der Waals surface area contributed by atoms with Crippen molar-refractivity contribution in [3.8, 4) is 0 Å². The van der Waals surface area contributed by atoms with E-state index in [1.165, 1.54) is 11.3 Å². The maximum absolute atomic E-state index is 12.6. The number of thiazole rings is 1. The van der Waals surface area contributed by atoms with Gasteiger partial charge in [0.15, 0.2) is 0 Å². The van der Waals surface area contributed by atoms with E-state index in [2.05, 4.69) is 10.3 Å². The number of carbonyl (C=O) groups is 1. The van der Waals surface area contributed by atoms with E-state index in [1.54, 1.807) is 11.6 Å². The highest BCUT2D eigenvalue weighted by Crippen LogP contribution is 2.30. The maximum atomic E-state index is 12.6. The Morgan fingerprint density at radius 1 is 0.960 bits per heavy atom. The molecular formula is C20H12N2O2S. The molecular weight excluding hydrogens is 332 g/mol. The second-order valence-electron chi connectivity index (χ2n) is 5.80. The van der Waals surface area contributed by atoms with Crippen LogP contribution in [0.3, 0.4) is 0 Å². The largest absolute Gasteiger partial charge is 0.456 e. The van der Waals surface area contributed by atoms with Crippen molar-refractivity contribution in [1.82, 2.24) is 4.98 Å². The van der Waals surface area contributed by atoms with Gasteiger partial charge in [-0.1, -0.05) is 18.2 Å². The number of hydrogen-bond donors (Lipinski definition) is 1. The van der Waals surface area contributed by atoms with E-state index in [0.717, 1.165) is 37.8 Å². The van der Waals surface area contributed by atoms with Gasteiger partial charge in [0.2, 0.25) is 0 Å². The summed E-state index contributed by atoms with van der Waals surface area (Å²) in [5, 5.41) is 5.00. The van der Waals surface area contributed by atoms with E-state index in [9.17, 15) is 4.79 Å². The summed E-state index contributed by atoms with van der Waals surface area (Å²) in [5.74, 6) is -0.137. The molecule has 0 saturated heterocycles. The number of benzene rings is 3. The second-order valence-corrected chi connectivity index (χ2v) is 6.68. The molecule has 120 valence electrons. The highest BCUT2D eigenvalue weighted by molar-refractivity contribution is 7.16. The monoisotopic (exact) mass is 344 g/mol. The summed E-state index contributed by atoms with van der Waals surface area (Å²) in [7, 11) is 0. The minimum atomic E-state index is -0.137. The average Bonchev–Trinajstić information content (AvgIpc) is 3.25. The van der Waals surface area contributed by atoms with Gasteiger partial charge in [0.05, 0.1) is 15.7 Å². The van der Waals surface area contributed by atoms with Crippen LogP contribution in [-0.4, -0.2) is 10.9 Å². The fraction of sp³-hybridized carbons (Fsp3) is 0. The van der Waals surface area contributed by atoms with Gasteiger partial charge < -0.3 is 9.73 Å². The molecule has 1 amide bonds. The first-order valence-corrected chi connectivity index (χ1v) is 8.72. The Labute approximate surface area is 146 Å². The quantitative estimate of drug-likeness (QED) is 0.463. The third-order valence-corrected chi connectivity index (χ3v) is 5.02. The summed E-state index contributed by atoms with van der Waals surface area (Å²) in [5.41, 5.74) is 5.71. The molecule has 0 saturated carbocycles. The number of nitrogens with one attached hydrogen (secondary N) is 1. The van der Waals surface area contributed by atoms with Crippen LogP contribution in [0.4, 0.5) is 5.69 Å². The zero-order chi connectivity index (χ0) is 16.8. The molecule has 2 heterocycles. The Hall–Kier alpha value is -3.18. The number of fused-ring (bicyclic) bond motifs is 4. The molecule has 0 aliphatic heterocycles. The molecule has 1 N–H and O–H groups in total. The molecule has 0 radical (unpaired) electrons. The zero-order valence-electron chi connectivity index (χ0n) is 13.0. The van der Waals surface area contributed by atoms with E-state index >= 15 is 0 Å². The summed E-state index contributed by atoms with van der Waals surface area (Å²) in [4.78, 5) is 16.8. The van der Waals surface area contributed by atoms with Gasteiger partial charge in [0.25, 0.3) is 5.91 Å². The van der Waals surface area contributed by atoms with Crippen molar-refractivity contribution in [2.75, 3.05) is 5.32 Å². The predicted octanol–water partition coefficient (Wildman–Crippen LogP) is 5.45. The van der Waals surface area contributed by atoms with Crippen molar-refractivity contribution in [3.63, 3.8) is 0 Å². The number of aromatic nitrogens is 1. The van der Waals surface area contributed by atoms with E-state index < -0.39 is 0 Å². The van der Waals surface area contributed by atoms with Gasteiger partial charge in [-0.05, 0) is 42.5 Å². The fourth-order valence-corrected chi connectivity index (χ4v) is 3.72. The van der Waals surface area contributed by atoms with Crippen molar-refractivity contribution in [1.29, 1.82) is 0 Å². The number of amides is 1. The lowest BCUT2D eigenvalue weighted by Gasteiger charge is -2.05. The standard InChI is InChI=1S/C20H12N2O2S/c23-20(12-5-7-16-19(9-12)25-11-21-16)22-13-6-8-18-15(10-13)14-3-1-2-4-17(14)24-18/h1-11H,(H,22,23). The molecule has 25 heavy (non-hydrogen) atoms. The predicted molar refractivity (Wildman–Crippen MR) is 101 cm³/mol. The van der Waals surface area contributed by atoms with Gasteiger partial charge in [-0.2, -0.15) is 0 Å². The third-order valence-electron chi connectivity index (χ3n) is 4.23. The lowest BCUT2D eigenvalue weighted by Crippen LogP contribution is -2.11. The second kappa shape index (κ2) is 5.43. The van der Waals surface area contributed by atoms with Gasteiger partial charge in [-0.25, -0.2) is 4.98 Å². The number of nitrogens with zero attached hydrogens (tertiary/aromatic N) is 1. The Morgan fingerprint density at radius 3 is 2.80 bits per heavy atom. The lowest BCUT2D eigenvalue weighted by molar-refractivity contribution is 0.102. The molecule has 3 aromatic carbocycles. The minimum absolute atomic E-state index is 0.137. The van der Waals surface area contributed by atoms with Gasteiger partial charge in [0.1, 0.15) is 11.2 Å². The van der Waals surface area contributed by atoms with Crippen LogP contribution in [0.5, 0.6) is 0 Å². The summed E-state index contributed by atoms with van der Waals surface area (Å²) >= 11 is 1.53. The van der Waals surface area contributed by atoms with Gasteiger partial charge in [0, 0.05) is 22.0 Å². The van der Waals surface area contributed by atoms with Crippen LogP contribution >= 0.6 is 11.3 Å². The van der Waals surface area contributed by atoms with Crippen LogP contribution in [0.25, 0.3) is 32.2 Å². The molecule has 0 fully saturated rings. The van der Waals surface area contributed by atoms with Crippen LogP contribution in [-0.2, 0) is 0 Å². The van der Waals surface area contributed by atoms with Crippen LogP contribution in [0, 0.1) is 0 Å². The van der Waals surface area contributed by atoms with Gasteiger partial charge in [-0.15, -0.1) is 11.3 Å². The molecule has 0 bridgehead atoms. The van der Waals surface area contributed by atoms with Crippen LogP contribution < -0.4 is 5.32 Å². The molecule has 0 aliphatic carbocycles. The van der Waals surface area contributed by atoms with E-state index in [1.807, 2.05) is 54.6 Å². The SMILES string of the molecule is O=C(Nc1ccc2oc3ccccc3c2c1)c1ccc2ncsc2c1. The highest BCUT2D eigenvalue weighted by atomic mass is 32.1. The number of furan rings is 1. The number of para-hydroxylation sites is 1. The van der Waals surface area contributed by atoms with Crippen molar-refractivity contribution in [3.05, 3.63) is 71.7 Å². The first-order chi connectivity index (χ1) is 12.3. The Morgan fingerprint density at radius 2 is 1.84 bits per heavy atom. The third kappa shape index (κ3) is 2.37. The smallest absolute Gasteiger partial charge is 0.255 e. The zero-order valence-corrected chi connectivity index (χ0v) is 13.8. The fourth-order valence-electron chi connectivity index (χ4n) is 3.00. The highest BCUT2D eigenvalue weighted by Gasteiger charge is 2.11. The number of hydrogen-bond acceptors (Lipinski definition) is 4. The molecule has 0 atom stereocenters. The van der Waals surface area contributed by atoms with Crippen LogP contribution in [0.2, 0.25) is 0 Å². The number of carbonyl (C=O) groups excluding carboxylic acids is 1. The first kappa shape index (κ1) is 14.2. The van der Waals surface area contributed by atoms with E-state index in [0.29, 0.717) is 5.56 Å². The van der Waals surface area contributed by atoms with Crippen molar-refractivity contribution < 1.29 is 9.21 Å². The number of rotatable bonds is 2. The van der Waals surface area contributed by atoms with Gasteiger partial charge >= 0.3 is 0 Å². The minimum Gasteiger partial charge on any atom is -0.456 e. The van der Waals surface area contributed by atoms with E-state index in [-0.39, 0.29) is 5.91 Å². The van der Waals surface area contributed by atoms with Crippen LogP contribution in [0.1, 0.15) is 10.4 Å². The molecule has 0 aliphatic rings. The lowest BCUT2D eigenvalue weighted by atomic mass is 10.1. The number of anilines is 1. The van der Waals surface area contributed by atoms with Crippen molar-refractivity contribution >= 4 is 55.1 Å². The molecule has 5 rings (SSSR count).